The average Bonchev–Trinajstić information content (AvgIpc) is 3.36. The van der Waals surface area contributed by atoms with E-state index in [0.29, 0.717) is 17.5 Å². The Balaban J connectivity index is 1.51. The molecule has 26 heavy (non-hydrogen) atoms. The smallest absolute Gasteiger partial charge is 0.208 e. The molecule has 0 aliphatic heterocycles. The summed E-state index contributed by atoms with van der Waals surface area (Å²) < 4.78 is 5.90. The van der Waals surface area contributed by atoms with Crippen molar-refractivity contribution in [1.29, 1.82) is 0 Å². The van der Waals surface area contributed by atoms with Crippen molar-refractivity contribution >= 4 is 22.9 Å². The molecular weight excluding hydrogens is 364 g/mol. The lowest BCUT2D eigenvalue weighted by atomic mass is 10.1. The van der Waals surface area contributed by atoms with E-state index in [0.717, 1.165) is 11.3 Å². The largest absolute Gasteiger partial charge is 0.439 e. The van der Waals surface area contributed by atoms with Crippen LogP contribution in [0.3, 0.4) is 0 Å². The molecule has 0 amide bonds. The van der Waals surface area contributed by atoms with E-state index >= 15 is 0 Å². The molecule has 1 atom stereocenters. The molecule has 0 aliphatic rings. The second kappa shape index (κ2) is 7.87. The van der Waals surface area contributed by atoms with E-state index < -0.39 is 0 Å². The van der Waals surface area contributed by atoms with Crippen LogP contribution in [0.2, 0.25) is 5.02 Å². The zero-order chi connectivity index (χ0) is 17.8. The topological polar surface area (TPSA) is 38.1 Å². The molecule has 5 heteroatoms. The first-order valence-electron chi connectivity index (χ1n) is 8.32. The van der Waals surface area contributed by atoms with E-state index in [1.165, 1.54) is 10.4 Å². The van der Waals surface area contributed by atoms with Gasteiger partial charge >= 0.3 is 0 Å². The van der Waals surface area contributed by atoms with Gasteiger partial charge in [-0.1, -0.05) is 48.0 Å². The van der Waals surface area contributed by atoms with E-state index in [9.17, 15) is 0 Å². The van der Waals surface area contributed by atoms with Crippen molar-refractivity contribution in [2.24, 2.45) is 0 Å². The van der Waals surface area contributed by atoms with Crippen LogP contribution in [0, 0.1) is 0 Å². The minimum atomic E-state index is 0.113. The Morgan fingerprint density at radius 3 is 2.54 bits per heavy atom. The van der Waals surface area contributed by atoms with Gasteiger partial charge in [-0.15, -0.1) is 11.3 Å². The summed E-state index contributed by atoms with van der Waals surface area (Å²) in [4.78, 5) is 5.67. The molecule has 0 saturated carbocycles. The van der Waals surface area contributed by atoms with Gasteiger partial charge in [0.2, 0.25) is 5.89 Å². The Kier molecular flexibility index (Phi) is 5.16. The SMILES string of the molecule is Clc1ccc(-c2cnc(CN[C@@H](c3ccccc3)c3cccs3)o2)cc1. The van der Waals surface area contributed by atoms with Gasteiger partial charge in [-0.05, 0) is 41.3 Å². The molecule has 2 aromatic heterocycles. The number of hydrogen-bond donors (Lipinski definition) is 1. The zero-order valence-electron chi connectivity index (χ0n) is 13.9. The maximum atomic E-state index is 5.94. The average molecular weight is 381 g/mol. The molecule has 2 heterocycles. The number of halogens is 1. The third kappa shape index (κ3) is 3.88. The zero-order valence-corrected chi connectivity index (χ0v) is 15.5. The third-order valence-electron chi connectivity index (χ3n) is 4.10. The number of thiophene rings is 1. The number of nitrogens with one attached hydrogen (secondary N) is 1. The molecule has 130 valence electrons. The highest BCUT2D eigenvalue weighted by molar-refractivity contribution is 7.10. The van der Waals surface area contributed by atoms with Crippen molar-refractivity contribution in [2.75, 3.05) is 0 Å². The molecule has 0 unspecified atom stereocenters. The van der Waals surface area contributed by atoms with Gasteiger partial charge in [-0.2, -0.15) is 0 Å². The maximum absolute atomic E-state index is 5.94. The summed E-state index contributed by atoms with van der Waals surface area (Å²) in [6.07, 6.45) is 1.75. The lowest BCUT2D eigenvalue weighted by Crippen LogP contribution is -2.21. The minimum Gasteiger partial charge on any atom is -0.439 e. The molecule has 4 aromatic rings. The Labute approximate surface area is 161 Å². The highest BCUT2D eigenvalue weighted by Crippen LogP contribution is 2.27. The van der Waals surface area contributed by atoms with Crippen LogP contribution in [-0.2, 0) is 6.54 Å². The van der Waals surface area contributed by atoms with Gasteiger partial charge in [0.1, 0.15) is 0 Å². The quantitative estimate of drug-likeness (QED) is 0.450. The fourth-order valence-corrected chi connectivity index (χ4v) is 3.77. The molecule has 0 aliphatic carbocycles. The minimum absolute atomic E-state index is 0.113. The van der Waals surface area contributed by atoms with E-state index in [1.54, 1.807) is 17.5 Å². The molecule has 3 nitrogen and oxygen atoms in total. The highest BCUT2D eigenvalue weighted by Gasteiger charge is 2.16. The van der Waals surface area contributed by atoms with E-state index in [4.69, 9.17) is 16.0 Å². The van der Waals surface area contributed by atoms with Crippen molar-refractivity contribution in [1.82, 2.24) is 10.3 Å². The van der Waals surface area contributed by atoms with Crippen LogP contribution >= 0.6 is 22.9 Å². The number of aromatic nitrogens is 1. The van der Waals surface area contributed by atoms with Crippen LogP contribution in [0.25, 0.3) is 11.3 Å². The predicted octanol–water partition coefficient (Wildman–Crippen LogP) is 5.94. The summed E-state index contributed by atoms with van der Waals surface area (Å²) in [7, 11) is 0. The fourth-order valence-electron chi connectivity index (χ4n) is 2.81. The van der Waals surface area contributed by atoms with Crippen molar-refractivity contribution < 1.29 is 4.42 Å². The van der Waals surface area contributed by atoms with Crippen molar-refractivity contribution in [3.05, 3.63) is 99.7 Å². The molecule has 0 bridgehead atoms. The second-order valence-electron chi connectivity index (χ2n) is 5.87. The van der Waals surface area contributed by atoms with Gasteiger partial charge in [0.25, 0.3) is 0 Å². The third-order valence-corrected chi connectivity index (χ3v) is 5.29. The van der Waals surface area contributed by atoms with Crippen molar-refractivity contribution in [3.8, 4) is 11.3 Å². The number of benzene rings is 2. The van der Waals surface area contributed by atoms with Crippen LogP contribution < -0.4 is 5.32 Å². The molecule has 0 fully saturated rings. The van der Waals surface area contributed by atoms with Gasteiger partial charge < -0.3 is 4.42 Å². The van der Waals surface area contributed by atoms with Gasteiger partial charge in [0.15, 0.2) is 5.76 Å². The predicted molar refractivity (Wildman–Crippen MR) is 106 cm³/mol. The van der Waals surface area contributed by atoms with Gasteiger partial charge in [-0.25, -0.2) is 4.98 Å². The first kappa shape index (κ1) is 17.0. The van der Waals surface area contributed by atoms with E-state index in [1.807, 2.05) is 30.3 Å². The van der Waals surface area contributed by atoms with Crippen LogP contribution in [0.15, 0.2) is 82.7 Å². The molecule has 2 aromatic carbocycles. The lowest BCUT2D eigenvalue weighted by molar-refractivity contribution is 0.464. The van der Waals surface area contributed by atoms with Crippen LogP contribution in [0.4, 0.5) is 0 Å². The Hall–Kier alpha value is -2.40. The van der Waals surface area contributed by atoms with Crippen molar-refractivity contribution in [3.63, 3.8) is 0 Å². The normalized spacial score (nSPS) is 12.2. The standard InChI is InChI=1S/C21H17ClN2OS/c22-17-10-8-15(9-11-17)18-13-23-20(25-18)14-24-21(19-7-4-12-26-19)16-5-2-1-3-6-16/h1-13,21,24H,14H2/t21-/m0/s1. The Morgan fingerprint density at radius 1 is 1.00 bits per heavy atom. The van der Waals surface area contributed by atoms with Gasteiger partial charge in [0, 0.05) is 15.5 Å². The fraction of sp³-hybridized carbons (Fsp3) is 0.0952. The summed E-state index contributed by atoms with van der Waals surface area (Å²) in [5.41, 5.74) is 2.19. The Bertz CT molecular complexity index is 949. The lowest BCUT2D eigenvalue weighted by Gasteiger charge is -2.17. The molecule has 0 radical (unpaired) electrons. The number of nitrogens with zero attached hydrogens (tertiary/aromatic N) is 1. The van der Waals surface area contributed by atoms with Gasteiger partial charge in [0.05, 0.1) is 18.8 Å². The van der Waals surface area contributed by atoms with E-state index in [2.05, 4.69) is 52.1 Å². The van der Waals surface area contributed by atoms with Crippen LogP contribution in [0.5, 0.6) is 0 Å². The Morgan fingerprint density at radius 2 is 1.81 bits per heavy atom. The summed E-state index contributed by atoms with van der Waals surface area (Å²) >= 11 is 7.68. The summed E-state index contributed by atoms with van der Waals surface area (Å²) in [6.45, 7) is 0.547. The number of rotatable bonds is 6. The summed E-state index contributed by atoms with van der Waals surface area (Å²) in [5.74, 6) is 1.40. The summed E-state index contributed by atoms with van der Waals surface area (Å²) in [5, 5.41) is 6.36. The number of hydrogen-bond acceptors (Lipinski definition) is 4. The first-order chi connectivity index (χ1) is 12.8. The van der Waals surface area contributed by atoms with E-state index in [-0.39, 0.29) is 6.04 Å². The molecule has 0 saturated heterocycles. The maximum Gasteiger partial charge on any atom is 0.208 e. The first-order valence-corrected chi connectivity index (χ1v) is 9.58. The molecule has 4 rings (SSSR count). The molecule has 0 spiro atoms. The van der Waals surface area contributed by atoms with Crippen molar-refractivity contribution in [2.45, 2.75) is 12.6 Å². The highest BCUT2D eigenvalue weighted by atomic mass is 35.5. The monoisotopic (exact) mass is 380 g/mol. The van der Waals surface area contributed by atoms with Crippen LogP contribution in [-0.4, -0.2) is 4.98 Å². The van der Waals surface area contributed by atoms with Gasteiger partial charge in [-0.3, -0.25) is 5.32 Å². The number of oxazole rings is 1. The molecular formula is C21H17ClN2OS. The summed E-state index contributed by atoms with van der Waals surface area (Å²) in [6, 6.07) is 22.3. The molecule has 1 N–H and O–H groups in total. The van der Waals surface area contributed by atoms with Crippen LogP contribution in [0.1, 0.15) is 22.4 Å². The second-order valence-corrected chi connectivity index (χ2v) is 7.28.